The summed E-state index contributed by atoms with van der Waals surface area (Å²) in [7, 11) is 0. The number of aliphatic hydroxyl groups excluding tert-OH is 1. The van der Waals surface area contributed by atoms with E-state index in [4.69, 9.17) is 5.11 Å². The fraction of sp³-hybridized carbons (Fsp3) is 0.615. The van der Waals surface area contributed by atoms with Crippen molar-refractivity contribution >= 4 is 5.82 Å². The Labute approximate surface area is 107 Å². The number of rotatable bonds is 2. The molecule has 0 radical (unpaired) electrons. The van der Waals surface area contributed by atoms with Gasteiger partial charge in [-0.2, -0.15) is 10.4 Å². The van der Waals surface area contributed by atoms with Crippen molar-refractivity contribution in [3.8, 4) is 6.07 Å². The van der Waals surface area contributed by atoms with Crippen molar-refractivity contribution in [2.45, 2.75) is 26.7 Å². The first-order chi connectivity index (χ1) is 8.67. The summed E-state index contributed by atoms with van der Waals surface area (Å²) >= 11 is 0. The van der Waals surface area contributed by atoms with Crippen LogP contribution in [0.5, 0.6) is 0 Å². The maximum Gasteiger partial charge on any atom is 0.169 e. The molecule has 1 fully saturated rings. The summed E-state index contributed by atoms with van der Waals surface area (Å²) in [5.74, 6) is 1.07. The molecule has 0 aliphatic carbocycles. The monoisotopic (exact) mass is 246 g/mol. The molecule has 96 valence electrons. The zero-order chi connectivity index (χ0) is 13.1. The summed E-state index contributed by atoms with van der Waals surface area (Å²) in [6.45, 7) is 5.68. The van der Waals surface area contributed by atoms with Crippen LogP contribution in [0.2, 0.25) is 0 Å². The van der Waals surface area contributed by atoms with Crippen LogP contribution in [0.4, 0.5) is 5.82 Å². The first-order valence-corrected chi connectivity index (χ1v) is 6.27. The maximum atomic E-state index is 9.27. The van der Waals surface area contributed by atoms with Crippen molar-refractivity contribution < 1.29 is 5.11 Å². The van der Waals surface area contributed by atoms with E-state index in [2.05, 4.69) is 21.2 Å². The van der Waals surface area contributed by atoms with Gasteiger partial charge in [0.25, 0.3) is 0 Å². The Bertz CT molecular complexity index is 473. The molecule has 1 N–H and O–H groups in total. The highest BCUT2D eigenvalue weighted by atomic mass is 16.3. The molecule has 2 heterocycles. The van der Waals surface area contributed by atoms with Gasteiger partial charge in [0, 0.05) is 19.7 Å². The van der Waals surface area contributed by atoms with Gasteiger partial charge in [-0.3, -0.25) is 0 Å². The van der Waals surface area contributed by atoms with Crippen LogP contribution in [-0.4, -0.2) is 35.0 Å². The van der Waals surface area contributed by atoms with Gasteiger partial charge in [0.1, 0.15) is 11.6 Å². The lowest BCUT2D eigenvalue weighted by atomic mass is 9.97. The molecule has 0 bridgehead atoms. The van der Waals surface area contributed by atoms with Crippen molar-refractivity contribution in [2.24, 2.45) is 5.92 Å². The topological polar surface area (TPSA) is 73.0 Å². The molecule has 1 aromatic heterocycles. The minimum Gasteiger partial charge on any atom is -0.396 e. The lowest BCUT2D eigenvalue weighted by Gasteiger charge is -2.32. The van der Waals surface area contributed by atoms with Gasteiger partial charge >= 0.3 is 0 Å². The summed E-state index contributed by atoms with van der Waals surface area (Å²) in [5, 5.41) is 26.7. The number of hydrogen-bond donors (Lipinski definition) is 1. The van der Waals surface area contributed by atoms with E-state index in [1.807, 2.05) is 13.8 Å². The lowest BCUT2D eigenvalue weighted by Crippen LogP contribution is -2.36. The zero-order valence-electron chi connectivity index (χ0n) is 10.8. The van der Waals surface area contributed by atoms with E-state index in [0.29, 0.717) is 17.3 Å². The number of aromatic nitrogens is 2. The van der Waals surface area contributed by atoms with Gasteiger partial charge in [-0.15, -0.1) is 5.10 Å². The van der Waals surface area contributed by atoms with Gasteiger partial charge < -0.3 is 10.0 Å². The Balaban J connectivity index is 2.25. The fourth-order valence-corrected chi connectivity index (χ4v) is 2.28. The molecule has 5 heteroatoms. The molecule has 0 spiro atoms. The van der Waals surface area contributed by atoms with E-state index in [1.54, 1.807) is 0 Å². The number of anilines is 1. The van der Waals surface area contributed by atoms with E-state index in [1.165, 1.54) is 0 Å². The zero-order valence-corrected chi connectivity index (χ0v) is 10.8. The van der Waals surface area contributed by atoms with Crippen molar-refractivity contribution in [2.75, 3.05) is 24.6 Å². The molecular weight excluding hydrogens is 228 g/mol. The Morgan fingerprint density at radius 2 is 2.00 bits per heavy atom. The molecule has 18 heavy (non-hydrogen) atoms. The smallest absolute Gasteiger partial charge is 0.169 e. The highest BCUT2D eigenvalue weighted by Crippen LogP contribution is 2.26. The van der Waals surface area contributed by atoms with Crippen molar-refractivity contribution in [1.82, 2.24) is 10.2 Å². The van der Waals surface area contributed by atoms with E-state index in [9.17, 15) is 5.26 Å². The standard InChI is InChI=1S/C13H18N4O/c1-9-10(2)15-16-13(12(9)7-14)17-5-3-11(8-18)4-6-17/h11,18H,3-6,8H2,1-2H3. The SMILES string of the molecule is Cc1nnc(N2CCC(CO)CC2)c(C#N)c1C. The second-order valence-electron chi connectivity index (χ2n) is 4.83. The Morgan fingerprint density at radius 3 is 2.56 bits per heavy atom. The van der Waals surface area contributed by atoms with Crippen LogP contribution in [0.1, 0.15) is 29.7 Å². The lowest BCUT2D eigenvalue weighted by molar-refractivity contribution is 0.202. The van der Waals surface area contributed by atoms with Crippen LogP contribution < -0.4 is 4.90 Å². The molecule has 1 saturated heterocycles. The van der Waals surface area contributed by atoms with Crippen molar-refractivity contribution in [1.29, 1.82) is 5.26 Å². The molecule has 5 nitrogen and oxygen atoms in total. The van der Waals surface area contributed by atoms with Crippen LogP contribution in [0.15, 0.2) is 0 Å². The molecule has 1 aromatic rings. The summed E-state index contributed by atoms with van der Waals surface area (Å²) in [6.07, 6.45) is 1.88. The average molecular weight is 246 g/mol. The number of piperidine rings is 1. The van der Waals surface area contributed by atoms with Crippen LogP contribution in [0.3, 0.4) is 0 Å². The Kier molecular flexibility index (Phi) is 3.78. The first-order valence-electron chi connectivity index (χ1n) is 6.27. The molecule has 0 amide bonds. The second-order valence-corrected chi connectivity index (χ2v) is 4.83. The molecule has 0 saturated carbocycles. The average Bonchev–Trinajstić information content (AvgIpc) is 2.42. The predicted molar refractivity (Wildman–Crippen MR) is 68.2 cm³/mol. The number of aliphatic hydroxyl groups is 1. The largest absolute Gasteiger partial charge is 0.396 e. The second kappa shape index (κ2) is 5.32. The molecule has 1 aliphatic heterocycles. The number of nitrogens with zero attached hydrogens (tertiary/aromatic N) is 4. The van der Waals surface area contributed by atoms with Crippen LogP contribution in [-0.2, 0) is 0 Å². The van der Waals surface area contributed by atoms with Crippen molar-refractivity contribution in [3.05, 3.63) is 16.8 Å². The van der Waals surface area contributed by atoms with Crippen LogP contribution in [0.25, 0.3) is 0 Å². The normalized spacial score (nSPS) is 16.7. The molecular formula is C13H18N4O. The van der Waals surface area contributed by atoms with E-state index in [-0.39, 0.29) is 6.61 Å². The Hall–Kier alpha value is -1.67. The van der Waals surface area contributed by atoms with Gasteiger partial charge in [0.2, 0.25) is 0 Å². The Morgan fingerprint density at radius 1 is 1.33 bits per heavy atom. The van der Waals surface area contributed by atoms with Gasteiger partial charge in [-0.1, -0.05) is 0 Å². The minimum atomic E-state index is 0.248. The maximum absolute atomic E-state index is 9.27. The molecule has 0 atom stereocenters. The number of aryl methyl sites for hydroxylation is 1. The summed E-state index contributed by atoms with van der Waals surface area (Å²) in [6, 6.07) is 2.23. The first kappa shape index (κ1) is 12.8. The van der Waals surface area contributed by atoms with Gasteiger partial charge in [0.15, 0.2) is 5.82 Å². The molecule has 0 unspecified atom stereocenters. The summed E-state index contributed by atoms with van der Waals surface area (Å²) < 4.78 is 0. The number of nitriles is 1. The third-order valence-corrected chi connectivity index (χ3v) is 3.72. The third kappa shape index (κ3) is 2.29. The van der Waals surface area contributed by atoms with E-state index < -0.39 is 0 Å². The fourth-order valence-electron chi connectivity index (χ4n) is 2.28. The van der Waals surface area contributed by atoms with Gasteiger partial charge in [-0.05, 0) is 38.2 Å². The quantitative estimate of drug-likeness (QED) is 0.848. The highest BCUT2D eigenvalue weighted by molar-refractivity contribution is 5.57. The van der Waals surface area contributed by atoms with Gasteiger partial charge in [0.05, 0.1) is 5.69 Å². The van der Waals surface area contributed by atoms with Crippen LogP contribution in [0, 0.1) is 31.1 Å². The molecule has 0 aromatic carbocycles. The van der Waals surface area contributed by atoms with Crippen molar-refractivity contribution in [3.63, 3.8) is 0 Å². The van der Waals surface area contributed by atoms with E-state index in [0.717, 1.165) is 37.2 Å². The highest BCUT2D eigenvalue weighted by Gasteiger charge is 2.23. The molecule has 1 aliphatic rings. The third-order valence-electron chi connectivity index (χ3n) is 3.72. The summed E-state index contributed by atoms with van der Waals surface area (Å²) in [4.78, 5) is 2.10. The van der Waals surface area contributed by atoms with Crippen LogP contribution >= 0.6 is 0 Å². The molecule has 2 rings (SSSR count). The minimum absolute atomic E-state index is 0.248. The van der Waals surface area contributed by atoms with E-state index >= 15 is 0 Å². The predicted octanol–water partition coefficient (Wildman–Crippen LogP) is 1.17. The van der Waals surface area contributed by atoms with Gasteiger partial charge in [-0.25, -0.2) is 0 Å². The number of hydrogen-bond acceptors (Lipinski definition) is 5. The summed E-state index contributed by atoms with van der Waals surface area (Å²) in [5.41, 5.74) is 2.34.